The number of fused-ring (bicyclic) bond motifs is 3. The molecule has 0 saturated heterocycles. The van der Waals surface area contributed by atoms with Crippen LogP contribution in [0, 0.1) is 13.8 Å². The number of hydrogen-bond donors (Lipinski definition) is 0. The van der Waals surface area contributed by atoms with E-state index in [1.165, 1.54) is 130 Å². The third-order valence-electron chi connectivity index (χ3n) is 14.2. The van der Waals surface area contributed by atoms with Gasteiger partial charge in [-0.15, -0.1) is 0 Å². The Kier molecular flexibility index (Phi) is 12.0. The maximum absolute atomic E-state index is 2.54. The maximum atomic E-state index is 2.54. The number of rotatable bonds is 13. The highest BCUT2D eigenvalue weighted by Gasteiger charge is 2.29. The lowest BCUT2D eigenvalue weighted by Crippen LogP contribution is -2.10. The molecule has 0 amide bonds. The average Bonchev–Trinajstić information content (AvgIpc) is 4.14. The van der Waals surface area contributed by atoms with Gasteiger partial charge in [-0.2, -0.15) is 0 Å². The molecule has 2 aliphatic carbocycles. The summed E-state index contributed by atoms with van der Waals surface area (Å²) in [7, 11) is 0. The fraction of sp³-hybridized carbons (Fsp3) is 0.200. The number of hydrogen-bond acceptors (Lipinski definition) is 1. The second kappa shape index (κ2) is 18.5. The molecule has 0 spiro atoms. The van der Waals surface area contributed by atoms with Gasteiger partial charge in [-0.05, 0) is 202 Å². The molecule has 8 aromatic rings. The van der Waals surface area contributed by atoms with E-state index >= 15 is 0 Å². The molecule has 1 heteroatoms. The SMILES string of the molecule is C/C=C\C(=C(\C)CC)c1cccc(-c2c(C)cccc2-c2ccc(-c3ccc(N(c4ccc(-c5ccccc5)cc4)c4ccc5c(c4)Cc4ccccc4-5)cc3C)c(C3CC3)c2)c1CCC. The summed E-state index contributed by atoms with van der Waals surface area (Å²) < 4.78 is 0. The molecule has 0 N–H and O–H groups in total. The highest BCUT2D eigenvalue weighted by Crippen LogP contribution is 2.49. The van der Waals surface area contributed by atoms with Crippen molar-refractivity contribution in [3.63, 3.8) is 0 Å². The molecule has 1 nitrogen and oxygen atoms in total. The predicted molar refractivity (Wildman–Crippen MR) is 284 cm³/mol. The topological polar surface area (TPSA) is 3.24 Å². The Hall–Kier alpha value is -6.96. The molecule has 0 heterocycles. The van der Waals surface area contributed by atoms with Crippen LogP contribution in [0.25, 0.3) is 61.2 Å². The zero-order valence-corrected chi connectivity index (χ0v) is 39.6. The maximum Gasteiger partial charge on any atom is 0.0464 e. The Bertz CT molecular complexity index is 3140. The van der Waals surface area contributed by atoms with Gasteiger partial charge in [-0.3, -0.25) is 0 Å². The highest BCUT2D eigenvalue weighted by molar-refractivity contribution is 5.92. The summed E-state index contributed by atoms with van der Waals surface area (Å²) in [6.07, 6.45) is 11.1. The molecule has 326 valence electrons. The third-order valence-corrected chi connectivity index (χ3v) is 14.2. The lowest BCUT2D eigenvalue weighted by molar-refractivity contribution is 0.919. The van der Waals surface area contributed by atoms with E-state index in [0.717, 1.165) is 31.4 Å². The van der Waals surface area contributed by atoms with Crippen molar-refractivity contribution in [1.29, 1.82) is 0 Å². The van der Waals surface area contributed by atoms with Crippen molar-refractivity contribution in [3.05, 3.63) is 227 Å². The van der Waals surface area contributed by atoms with Gasteiger partial charge in [-0.25, -0.2) is 0 Å². The van der Waals surface area contributed by atoms with Crippen LogP contribution in [-0.4, -0.2) is 0 Å². The molecule has 0 aromatic heterocycles. The Labute approximate surface area is 393 Å². The van der Waals surface area contributed by atoms with Gasteiger partial charge in [-0.1, -0.05) is 171 Å². The van der Waals surface area contributed by atoms with E-state index in [1.54, 1.807) is 0 Å². The van der Waals surface area contributed by atoms with Crippen LogP contribution in [0.15, 0.2) is 188 Å². The summed E-state index contributed by atoms with van der Waals surface area (Å²) in [5.74, 6) is 0.576. The van der Waals surface area contributed by atoms with E-state index in [2.05, 4.69) is 228 Å². The van der Waals surface area contributed by atoms with Gasteiger partial charge in [0.25, 0.3) is 0 Å². The van der Waals surface area contributed by atoms with Crippen LogP contribution >= 0.6 is 0 Å². The van der Waals surface area contributed by atoms with E-state index in [4.69, 9.17) is 0 Å². The summed E-state index contributed by atoms with van der Waals surface area (Å²) in [6, 6.07) is 64.1. The predicted octanol–water partition coefficient (Wildman–Crippen LogP) is 18.6. The van der Waals surface area contributed by atoms with Crippen LogP contribution in [-0.2, 0) is 12.8 Å². The van der Waals surface area contributed by atoms with Crippen molar-refractivity contribution in [3.8, 4) is 55.6 Å². The summed E-state index contributed by atoms with van der Waals surface area (Å²) in [4.78, 5) is 2.45. The average molecular weight is 856 g/mol. The molecule has 10 rings (SSSR count). The van der Waals surface area contributed by atoms with Crippen LogP contribution in [0.5, 0.6) is 0 Å². The molecule has 66 heavy (non-hydrogen) atoms. The quantitative estimate of drug-likeness (QED) is 0.104. The van der Waals surface area contributed by atoms with Gasteiger partial charge >= 0.3 is 0 Å². The van der Waals surface area contributed by atoms with E-state index in [1.807, 2.05) is 0 Å². The molecule has 1 fully saturated rings. The van der Waals surface area contributed by atoms with Gasteiger partial charge in [0.15, 0.2) is 0 Å². The first-order valence-corrected chi connectivity index (χ1v) is 24.3. The Balaban J connectivity index is 1.05. The highest BCUT2D eigenvalue weighted by atomic mass is 15.1. The fourth-order valence-corrected chi connectivity index (χ4v) is 10.6. The van der Waals surface area contributed by atoms with E-state index in [0.29, 0.717) is 5.92 Å². The second-order valence-corrected chi connectivity index (χ2v) is 18.6. The number of aryl methyl sites for hydroxylation is 2. The minimum Gasteiger partial charge on any atom is -0.310 e. The zero-order valence-electron chi connectivity index (χ0n) is 39.6. The summed E-state index contributed by atoms with van der Waals surface area (Å²) in [6.45, 7) is 13.6. The van der Waals surface area contributed by atoms with E-state index < -0.39 is 0 Å². The lowest BCUT2D eigenvalue weighted by atomic mass is 9.82. The number of nitrogens with zero attached hydrogens (tertiary/aromatic N) is 1. The largest absolute Gasteiger partial charge is 0.310 e. The van der Waals surface area contributed by atoms with Crippen molar-refractivity contribution in [2.45, 2.75) is 86.0 Å². The summed E-state index contributed by atoms with van der Waals surface area (Å²) >= 11 is 0. The molecule has 2 aliphatic rings. The second-order valence-electron chi connectivity index (χ2n) is 18.6. The minimum atomic E-state index is 0.576. The molecule has 8 aromatic carbocycles. The molecule has 1 saturated carbocycles. The Morgan fingerprint density at radius 2 is 1.18 bits per heavy atom. The van der Waals surface area contributed by atoms with Crippen molar-refractivity contribution in [1.82, 2.24) is 0 Å². The van der Waals surface area contributed by atoms with Gasteiger partial charge < -0.3 is 4.90 Å². The number of allylic oxidation sites excluding steroid dienone is 4. The monoisotopic (exact) mass is 855 g/mol. The zero-order chi connectivity index (χ0) is 45.3. The van der Waals surface area contributed by atoms with Gasteiger partial charge in [0.05, 0.1) is 0 Å². The third kappa shape index (κ3) is 8.17. The smallest absolute Gasteiger partial charge is 0.0464 e. The molecule has 0 atom stereocenters. The van der Waals surface area contributed by atoms with Crippen LogP contribution in [0.1, 0.15) is 98.2 Å². The van der Waals surface area contributed by atoms with Gasteiger partial charge in [0.1, 0.15) is 0 Å². The standard InChI is InChI=1S/C65H61N/c1-7-17-55(43(4)9-3)61-25-16-26-63(60(61)18-8-2)65-44(5)19-15-24-59(65)50-31-36-62(64(42-50)48-27-28-48)56-37-34-53(39-45(56)6)66(52-32-29-47(30-33-52)46-20-11-10-12-21-46)54-35-38-58-51(41-54)40-49-22-13-14-23-57(49)58/h7,10-17,19-26,29-39,41-42,48H,8-9,18,27-28,40H2,1-6H3/b17-7-,55-43+. The minimum absolute atomic E-state index is 0.576. The molecule has 0 unspecified atom stereocenters. The molecule has 0 bridgehead atoms. The Morgan fingerprint density at radius 3 is 1.92 bits per heavy atom. The fourth-order valence-electron chi connectivity index (χ4n) is 10.6. The first-order valence-electron chi connectivity index (χ1n) is 24.3. The van der Waals surface area contributed by atoms with Crippen LogP contribution in [0.2, 0.25) is 0 Å². The van der Waals surface area contributed by atoms with Crippen LogP contribution < -0.4 is 4.90 Å². The Morgan fingerprint density at radius 1 is 0.545 bits per heavy atom. The van der Waals surface area contributed by atoms with Crippen molar-refractivity contribution in [2.75, 3.05) is 4.90 Å². The van der Waals surface area contributed by atoms with Crippen molar-refractivity contribution < 1.29 is 0 Å². The van der Waals surface area contributed by atoms with Crippen LogP contribution in [0.4, 0.5) is 17.1 Å². The van der Waals surface area contributed by atoms with Gasteiger partial charge in [0.2, 0.25) is 0 Å². The number of anilines is 3. The van der Waals surface area contributed by atoms with Crippen LogP contribution in [0.3, 0.4) is 0 Å². The van der Waals surface area contributed by atoms with E-state index in [-0.39, 0.29) is 0 Å². The number of benzene rings is 8. The van der Waals surface area contributed by atoms with Gasteiger partial charge in [0, 0.05) is 17.1 Å². The molecule has 0 aliphatic heterocycles. The first-order chi connectivity index (χ1) is 32.3. The normalized spacial score (nSPS) is 13.4. The molecular formula is C65H61N. The van der Waals surface area contributed by atoms with E-state index in [9.17, 15) is 0 Å². The summed E-state index contributed by atoms with van der Waals surface area (Å²) in [5, 5.41) is 0. The first kappa shape index (κ1) is 43.0. The molecular weight excluding hydrogens is 795 g/mol. The van der Waals surface area contributed by atoms with Crippen molar-refractivity contribution >= 4 is 22.6 Å². The lowest BCUT2D eigenvalue weighted by Gasteiger charge is -2.27. The summed E-state index contributed by atoms with van der Waals surface area (Å²) in [5.41, 5.74) is 29.2. The van der Waals surface area contributed by atoms with Crippen molar-refractivity contribution in [2.24, 2.45) is 0 Å². The molecule has 0 radical (unpaired) electrons.